The molecule has 1 heterocycles. The highest BCUT2D eigenvalue weighted by molar-refractivity contribution is 7.94. The van der Waals surface area contributed by atoms with Crippen LogP contribution in [-0.2, 0) is 14.8 Å². The van der Waals surface area contributed by atoms with Crippen molar-refractivity contribution < 1.29 is 18.3 Å². The van der Waals surface area contributed by atoms with E-state index in [1.54, 1.807) is 0 Å². The van der Waals surface area contributed by atoms with Crippen molar-refractivity contribution in [2.24, 2.45) is 5.92 Å². The number of rotatable bonds is 2. The Morgan fingerprint density at radius 2 is 1.83 bits per heavy atom. The molecule has 18 heavy (non-hydrogen) atoms. The van der Waals surface area contributed by atoms with Crippen molar-refractivity contribution in [2.45, 2.75) is 56.7 Å². The van der Waals surface area contributed by atoms with Crippen LogP contribution in [0.4, 0.5) is 0 Å². The van der Waals surface area contributed by atoms with E-state index < -0.39 is 20.3 Å². The number of amides is 1. The Kier molecular flexibility index (Phi) is 3.02. The number of hydrogen-bond donors (Lipinski definition) is 1. The van der Waals surface area contributed by atoms with Crippen molar-refractivity contribution in [1.82, 2.24) is 4.31 Å². The van der Waals surface area contributed by atoms with Crippen LogP contribution in [0.3, 0.4) is 0 Å². The molecule has 0 aromatic carbocycles. The van der Waals surface area contributed by atoms with Crippen LogP contribution in [-0.4, -0.2) is 40.6 Å². The van der Waals surface area contributed by atoms with Crippen molar-refractivity contribution in [3.8, 4) is 0 Å². The van der Waals surface area contributed by atoms with E-state index >= 15 is 0 Å². The summed E-state index contributed by atoms with van der Waals surface area (Å²) in [4.78, 5) is 12.1. The maximum atomic E-state index is 12.2. The summed E-state index contributed by atoms with van der Waals surface area (Å²) in [5.74, 6) is 0.142. The summed E-state index contributed by atoms with van der Waals surface area (Å²) in [6.45, 7) is 4.69. The molecule has 1 saturated heterocycles. The molecule has 0 unspecified atom stereocenters. The Hall–Kier alpha value is -0.620. The first-order chi connectivity index (χ1) is 8.19. The Labute approximate surface area is 108 Å². The Morgan fingerprint density at radius 1 is 1.33 bits per heavy atom. The molecule has 2 rings (SSSR count). The van der Waals surface area contributed by atoms with Gasteiger partial charge in [0.05, 0.1) is 12.1 Å². The SMILES string of the molecule is CC1CCC(CO)(N2C(=O)C(C)(C)S2(=O)=O)CC1. The van der Waals surface area contributed by atoms with Gasteiger partial charge in [-0.3, -0.25) is 4.79 Å². The second-order valence-corrected chi connectivity index (χ2v) is 8.49. The first kappa shape index (κ1) is 13.8. The third kappa shape index (κ3) is 1.54. The fraction of sp³-hybridized carbons (Fsp3) is 0.917. The molecule has 6 heteroatoms. The number of carbonyl (C=O) groups excluding carboxylic acids is 1. The van der Waals surface area contributed by atoms with E-state index in [0.29, 0.717) is 18.8 Å². The molecule has 0 bridgehead atoms. The van der Waals surface area contributed by atoms with Crippen LogP contribution in [0.5, 0.6) is 0 Å². The summed E-state index contributed by atoms with van der Waals surface area (Å²) in [5.41, 5.74) is -0.891. The van der Waals surface area contributed by atoms with E-state index in [4.69, 9.17) is 0 Å². The van der Waals surface area contributed by atoms with Crippen LogP contribution in [0.25, 0.3) is 0 Å². The van der Waals surface area contributed by atoms with Crippen LogP contribution >= 0.6 is 0 Å². The Morgan fingerprint density at radius 3 is 2.22 bits per heavy atom. The summed E-state index contributed by atoms with van der Waals surface area (Å²) in [6, 6.07) is 0. The fourth-order valence-electron chi connectivity index (χ4n) is 2.85. The molecule has 1 N–H and O–H groups in total. The average molecular weight is 275 g/mol. The van der Waals surface area contributed by atoms with Crippen molar-refractivity contribution in [3.05, 3.63) is 0 Å². The number of aliphatic hydroxyl groups is 1. The molecule has 1 saturated carbocycles. The molecule has 104 valence electrons. The first-order valence-electron chi connectivity index (χ1n) is 6.39. The van der Waals surface area contributed by atoms with Gasteiger partial charge in [-0.15, -0.1) is 0 Å². The second kappa shape index (κ2) is 3.93. The molecule has 0 atom stereocenters. The maximum absolute atomic E-state index is 12.2. The molecule has 1 aliphatic heterocycles. The zero-order chi connectivity index (χ0) is 13.8. The minimum atomic E-state index is -3.61. The monoisotopic (exact) mass is 275 g/mol. The van der Waals surface area contributed by atoms with Gasteiger partial charge in [0.15, 0.2) is 4.75 Å². The van der Waals surface area contributed by atoms with Crippen LogP contribution in [0, 0.1) is 5.92 Å². The summed E-state index contributed by atoms with van der Waals surface area (Å²) in [7, 11) is -3.61. The quantitative estimate of drug-likeness (QED) is 0.811. The molecule has 0 spiro atoms. The van der Waals surface area contributed by atoms with Crippen LogP contribution in [0.2, 0.25) is 0 Å². The van der Waals surface area contributed by atoms with Gasteiger partial charge >= 0.3 is 0 Å². The summed E-state index contributed by atoms with van der Waals surface area (Å²) < 4.78 is 24.1. The highest BCUT2D eigenvalue weighted by Gasteiger charge is 2.66. The highest BCUT2D eigenvalue weighted by atomic mass is 32.2. The largest absolute Gasteiger partial charge is 0.394 e. The van der Waals surface area contributed by atoms with Gasteiger partial charge in [-0.1, -0.05) is 6.92 Å². The minimum Gasteiger partial charge on any atom is -0.394 e. The molecular weight excluding hydrogens is 254 g/mol. The number of hydrogen-bond acceptors (Lipinski definition) is 4. The van der Waals surface area contributed by atoms with Crippen LogP contribution in [0.1, 0.15) is 46.5 Å². The number of aliphatic hydroxyl groups excluding tert-OH is 1. The molecule has 5 nitrogen and oxygen atoms in total. The van der Waals surface area contributed by atoms with Gasteiger partial charge in [-0.05, 0) is 45.4 Å². The molecular formula is C12H21NO4S. The van der Waals surface area contributed by atoms with Crippen molar-refractivity contribution in [1.29, 1.82) is 0 Å². The molecule has 0 aromatic heterocycles. The van der Waals surface area contributed by atoms with Gasteiger partial charge in [0.1, 0.15) is 0 Å². The van der Waals surface area contributed by atoms with Crippen molar-refractivity contribution in [3.63, 3.8) is 0 Å². The Bertz CT molecular complexity index is 460. The lowest BCUT2D eigenvalue weighted by Crippen LogP contribution is -2.75. The molecule has 0 radical (unpaired) electrons. The smallest absolute Gasteiger partial charge is 0.259 e. The number of sulfonamides is 1. The zero-order valence-corrected chi connectivity index (χ0v) is 12.0. The number of nitrogens with zero attached hydrogens (tertiary/aromatic N) is 1. The van der Waals surface area contributed by atoms with Gasteiger partial charge in [0.25, 0.3) is 15.9 Å². The lowest BCUT2D eigenvalue weighted by atomic mass is 9.77. The van der Waals surface area contributed by atoms with Gasteiger partial charge in [-0.2, -0.15) is 0 Å². The van der Waals surface area contributed by atoms with Gasteiger partial charge in [0, 0.05) is 0 Å². The average Bonchev–Trinajstić information content (AvgIpc) is 2.32. The summed E-state index contributed by atoms with van der Waals surface area (Å²) >= 11 is 0. The molecule has 2 aliphatic rings. The molecule has 1 aliphatic carbocycles. The predicted octanol–water partition coefficient (Wildman–Crippen LogP) is 0.878. The lowest BCUT2D eigenvalue weighted by Gasteiger charge is -2.54. The zero-order valence-electron chi connectivity index (χ0n) is 11.1. The van der Waals surface area contributed by atoms with Gasteiger partial charge < -0.3 is 5.11 Å². The molecule has 0 aromatic rings. The summed E-state index contributed by atoms with van der Waals surface area (Å²) in [5, 5.41) is 9.63. The predicted molar refractivity (Wildman–Crippen MR) is 67.3 cm³/mol. The van der Waals surface area contributed by atoms with E-state index in [-0.39, 0.29) is 12.5 Å². The molecule has 2 fully saturated rings. The second-order valence-electron chi connectivity index (χ2n) is 6.15. The Balaban J connectivity index is 2.34. The van der Waals surface area contributed by atoms with Crippen LogP contribution in [0.15, 0.2) is 0 Å². The minimum absolute atomic E-state index is 0.277. The van der Waals surface area contributed by atoms with E-state index in [2.05, 4.69) is 6.92 Å². The maximum Gasteiger partial charge on any atom is 0.259 e. The van der Waals surface area contributed by atoms with Gasteiger partial charge in [-0.25, -0.2) is 12.7 Å². The standard InChI is InChI=1S/C12H21NO4S/c1-9-4-6-12(8-14,7-5-9)13-10(15)11(2,3)18(13,16)17/h9,14H,4-8H2,1-3H3. The third-order valence-electron chi connectivity index (χ3n) is 4.51. The van der Waals surface area contributed by atoms with Crippen molar-refractivity contribution in [2.75, 3.05) is 6.61 Å². The highest BCUT2D eigenvalue weighted by Crippen LogP contribution is 2.46. The normalized spacial score (nSPS) is 38.3. The third-order valence-corrected chi connectivity index (χ3v) is 7.01. The van der Waals surface area contributed by atoms with E-state index in [0.717, 1.165) is 17.1 Å². The van der Waals surface area contributed by atoms with Crippen molar-refractivity contribution >= 4 is 15.9 Å². The van der Waals surface area contributed by atoms with E-state index in [1.807, 2.05) is 0 Å². The van der Waals surface area contributed by atoms with Crippen LogP contribution < -0.4 is 0 Å². The van der Waals surface area contributed by atoms with E-state index in [9.17, 15) is 18.3 Å². The topological polar surface area (TPSA) is 74.7 Å². The van der Waals surface area contributed by atoms with E-state index in [1.165, 1.54) is 13.8 Å². The van der Waals surface area contributed by atoms with Gasteiger partial charge in [0.2, 0.25) is 0 Å². The number of carbonyl (C=O) groups is 1. The lowest BCUT2D eigenvalue weighted by molar-refractivity contribution is -0.140. The summed E-state index contributed by atoms with van der Waals surface area (Å²) in [6.07, 6.45) is 2.82. The fourth-order valence-corrected chi connectivity index (χ4v) is 4.68. The molecule has 1 amide bonds. The first-order valence-corrected chi connectivity index (χ1v) is 7.83.